The van der Waals surface area contributed by atoms with Crippen LogP contribution in [0.3, 0.4) is 0 Å². The topological polar surface area (TPSA) is 117 Å². The average Bonchev–Trinajstić information content (AvgIpc) is 3.38. The lowest BCUT2D eigenvalue weighted by atomic mass is 10.0. The number of nitrogens with zero attached hydrogens (tertiary/aromatic N) is 2. The molecular formula is C21H20N4O4S2. The highest BCUT2D eigenvalue weighted by Crippen LogP contribution is 2.28. The fraction of sp³-hybridized carbons (Fsp3) is 0.143. The highest BCUT2D eigenvalue weighted by Gasteiger charge is 2.18. The van der Waals surface area contributed by atoms with Crippen molar-refractivity contribution < 1.29 is 17.4 Å². The Kier molecular flexibility index (Phi) is 6.03. The summed E-state index contributed by atoms with van der Waals surface area (Å²) in [6.07, 6.45) is 2.25. The van der Waals surface area contributed by atoms with E-state index in [4.69, 9.17) is 8.97 Å². The van der Waals surface area contributed by atoms with Gasteiger partial charge in [-0.2, -0.15) is 8.42 Å². The highest BCUT2D eigenvalue weighted by molar-refractivity contribution is 7.87. The summed E-state index contributed by atoms with van der Waals surface area (Å²) in [6.45, 7) is 1.94. The van der Waals surface area contributed by atoms with Crippen molar-refractivity contribution in [3.05, 3.63) is 82.4 Å². The minimum absolute atomic E-state index is 0.201. The Morgan fingerprint density at radius 3 is 2.52 bits per heavy atom. The molecule has 0 radical (unpaired) electrons. The molecule has 8 nitrogen and oxygen atoms in total. The van der Waals surface area contributed by atoms with Crippen molar-refractivity contribution in [3.8, 4) is 11.3 Å². The summed E-state index contributed by atoms with van der Waals surface area (Å²) >= 11 is 1.56. The summed E-state index contributed by atoms with van der Waals surface area (Å²) in [4.78, 5) is 8.95. The minimum Gasteiger partial charge on any atom is -0.424 e. The summed E-state index contributed by atoms with van der Waals surface area (Å²) in [5.41, 5.74) is 3.02. The molecular weight excluding hydrogens is 436 g/mol. The SMILES string of the molecule is Cc1nc(C(Cc2ccc(NS(=O)(=O)O)cc2)Nc2ncc(-c3ccccc3)o2)cs1. The number of aryl methyl sites for hydroxylation is 1. The Hall–Kier alpha value is -3.21. The fourth-order valence-corrected chi connectivity index (χ4v) is 4.19. The van der Waals surface area contributed by atoms with Gasteiger partial charge in [0.2, 0.25) is 0 Å². The van der Waals surface area contributed by atoms with Gasteiger partial charge in [-0.25, -0.2) is 9.97 Å². The third-order valence-electron chi connectivity index (χ3n) is 4.50. The predicted molar refractivity (Wildman–Crippen MR) is 120 cm³/mol. The Balaban J connectivity index is 1.54. The monoisotopic (exact) mass is 456 g/mol. The molecule has 0 amide bonds. The second kappa shape index (κ2) is 8.88. The highest BCUT2D eigenvalue weighted by atomic mass is 32.2. The zero-order chi connectivity index (χ0) is 21.8. The van der Waals surface area contributed by atoms with Crippen LogP contribution in [0.1, 0.15) is 22.3 Å². The zero-order valence-corrected chi connectivity index (χ0v) is 18.2. The van der Waals surface area contributed by atoms with E-state index in [-0.39, 0.29) is 11.7 Å². The van der Waals surface area contributed by atoms with Gasteiger partial charge in [0.05, 0.1) is 28.6 Å². The smallest absolute Gasteiger partial charge is 0.357 e. The third-order valence-corrected chi connectivity index (χ3v) is 5.78. The number of aromatic nitrogens is 2. The van der Waals surface area contributed by atoms with Gasteiger partial charge in [-0.3, -0.25) is 9.27 Å². The maximum Gasteiger partial charge on any atom is 0.357 e. The lowest BCUT2D eigenvalue weighted by Gasteiger charge is -2.16. The molecule has 0 fully saturated rings. The van der Waals surface area contributed by atoms with E-state index in [0.717, 1.165) is 21.8 Å². The van der Waals surface area contributed by atoms with E-state index >= 15 is 0 Å². The van der Waals surface area contributed by atoms with Crippen molar-refractivity contribution >= 4 is 33.3 Å². The maximum atomic E-state index is 11.0. The van der Waals surface area contributed by atoms with Crippen molar-refractivity contribution in [1.29, 1.82) is 0 Å². The molecule has 2 heterocycles. The van der Waals surface area contributed by atoms with Gasteiger partial charge < -0.3 is 9.73 Å². The van der Waals surface area contributed by atoms with Crippen LogP contribution < -0.4 is 10.0 Å². The number of thiazole rings is 1. The zero-order valence-electron chi connectivity index (χ0n) is 16.5. The third kappa shape index (κ3) is 5.69. The van der Waals surface area contributed by atoms with Gasteiger partial charge in [0.1, 0.15) is 0 Å². The van der Waals surface area contributed by atoms with Crippen molar-refractivity contribution in [2.75, 3.05) is 10.0 Å². The van der Waals surface area contributed by atoms with E-state index in [1.165, 1.54) is 0 Å². The maximum absolute atomic E-state index is 11.0. The molecule has 0 spiro atoms. The lowest BCUT2D eigenvalue weighted by molar-refractivity contribution is 0.489. The second-order valence-electron chi connectivity index (χ2n) is 6.86. The summed E-state index contributed by atoms with van der Waals surface area (Å²) in [5, 5.41) is 6.25. The van der Waals surface area contributed by atoms with Crippen LogP contribution in [-0.4, -0.2) is 22.9 Å². The molecule has 31 heavy (non-hydrogen) atoms. The molecule has 0 aliphatic heterocycles. The quantitative estimate of drug-likeness (QED) is 0.328. The predicted octanol–water partition coefficient (Wildman–Crippen LogP) is 4.72. The number of benzene rings is 2. The number of hydrogen-bond donors (Lipinski definition) is 3. The van der Waals surface area contributed by atoms with Crippen molar-refractivity contribution in [3.63, 3.8) is 0 Å². The van der Waals surface area contributed by atoms with Gasteiger partial charge in [-0.05, 0) is 31.0 Å². The molecule has 3 N–H and O–H groups in total. The molecule has 0 aliphatic carbocycles. The molecule has 0 bridgehead atoms. The fourth-order valence-electron chi connectivity index (χ4n) is 3.09. The Morgan fingerprint density at radius 2 is 1.87 bits per heavy atom. The van der Waals surface area contributed by atoms with Gasteiger partial charge in [0, 0.05) is 10.9 Å². The molecule has 1 unspecified atom stereocenters. The number of oxazole rings is 1. The van der Waals surface area contributed by atoms with E-state index in [9.17, 15) is 8.42 Å². The first-order valence-electron chi connectivity index (χ1n) is 9.40. The van der Waals surface area contributed by atoms with E-state index in [0.29, 0.717) is 18.2 Å². The summed E-state index contributed by atoms with van der Waals surface area (Å²) in [6, 6.07) is 16.7. The minimum atomic E-state index is -4.31. The number of anilines is 2. The molecule has 2 aromatic carbocycles. The largest absolute Gasteiger partial charge is 0.424 e. The summed E-state index contributed by atoms with van der Waals surface area (Å²) in [7, 11) is -4.31. The Morgan fingerprint density at radius 1 is 1.13 bits per heavy atom. The van der Waals surface area contributed by atoms with Gasteiger partial charge in [0.15, 0.2) is 5.76 Å². The van der Waals surface area contributed by atoms with Gasteiger partial charge in [0.25, 0.3) is 6.01 Å². The summed E-state index contributed by atoms with van der Waals surface area (Å²) in [5.74, 6) is 0.664. The van der Waals surface area contributed by atoms with Gasteiger partial charge in [-0.15, -0.1) is 11.3 Å². The van der Waals surface area contributed by atoms with Crippen LogP contribution >= 0.6 is 11.3 Å². The lowest BCUT2D eigenvalue weighted by Crippen LogP contribution is -2.15. The van der Waals surface area contributed by atoms with Gasteiger partial charge >= 0.3 is 10.3 Å². The van der Waals surface area contributed by atoms with E-state index in [1.807, 2.05) is 47.4 Å². The Bertz CT molecular complexity index is 1250. The number of rotatable bonds is 8. The van der Waals surface area contributed by atoms with Crippen LogP contribution in [0.5, 0.6) is 0 Å². The van der Waals surface area contributed by atoms with Gasteiger partial charge in [-0.1, -0.05) is 42.5 Å². The molecule has 4 rings (SSSR count). The molecule has 0 aliphatic rings. The Labute approximate surface area is 183 Å². The molecule has 0 saturated carbocycles. The standard InChI is InChI=1S/C21H20N4O4S2/c1-14-23-19(13-30-14)18(11-15-7-9-17(10-8-15)25-31(26,27)28)24-21-22-12-20(29-21)16-5-3-2-4-6-16/h2-10,12-13,18,25H,11H2,1H3,(H,22,24)(H,26,27,28). The van der Waals surface area contributed by atoms with Crippen molar-refractivity contribution in [2.45, 2.75) is 19.4 Å². The van der Waals surface area contributed by atoms with Crippen LogP contribution in [0.25, 0.3) is 11.3 Å². The molecule has 1 atom stereocenters. The molecule has 4 aromatic rings. The molecule has 2 aromatic heterocycles. The first-order chi connectivity index (χ1) is 14.9. The molecule has 10 heteroatoms. The molecule has 0 saturated heterocycles. The van der Waals surface area contributed by atoms with Crippen LogP contribution in [0, 0.1) is 6.92 Å². The van der Waals surface area contributed by atoms with E-state index in [1.54, 1.807) is 41.8 Å². The average molecular weight is 457 g/mol. The van der Waals surface area contributed by atoms with Crippen molar-refractivity contribution in [2.24, 2.45) is 0 Å². The normalized spacial score (nSPS) is 12.5. The molecule has 160 valence electrons. The second-order valence-corrected chi connectivity index (χ2v) is 9.08. The van der Waals surface area contributed by atoms with Crippen LogP contribution in [-0.2, 0) is 16.7 Å². The van der Waals surface area contributed by atoms with E-state index < -0.39 is 10.3 Å². The van der Waals surface area contributed by atoms with E-state index in [2.05, 4.69) is 15.3 Å². The van der Waals surface area contributed by atoms with Crippen LogP contribution in [0.15, 0.2) is 70.6 Å². The first kappa shape index (κ1) is 21.0. The number of hydrogen-bond acceptors (Lipinski definition) is 7. The first-order valence-corrected chi connectivity index (χ1v) is 11.7. The number of nitrogens with one attached hydrogen (secondary N) is 2. The van der Waals surface area contributed by atoms with Crippen molar-refractivity contribution in [1.82, 2.24) is 9.97 Å². The van der Waals surface area contributed by atoms with Crippen LogP contribution in [0.2, 0.25) is 0 Å². The van der Waals surface area contributed by atoms with Crippen LogP contribution in [0.4, 0.5) is 11.7 Å². The summed E-state index contributed by atoms with van der Waals surface area (Å²) < 4.78 is 38.8.